The van der Waals surface area contributed by atoms with E-state index in [9.17, 15) is 9.59 Å². The molecule has 0 aromatic rings. The van der Waals surface area contributed by atoms with E-state index in [-0.39, 0.29) is 24.3 Å². The zero-order valence-electron chi connectivity index (χ0n) is 10.3. The van der Waals surface area contributed by atoms with Crippen molar-refractivity contribution in [2.45, 2.75) is 39.5 Å². The van der Waals surface area contributed by atoms with Gasteiger partial charge in [-0.15, -0.1) is 0 Å². The van der Waals surface area contributed by atoms with Gasteiger partial charge in [-0.2, -0.15) is 0 Å². The molecule has 0 aliphatic carbocycles. The van der Waals surface area contributed by atoms with Crippen LogP contribution in [0.3, 0.4) is 0 Å². The lowest BCUT2D eigenvalue weighted by molar-refractivity contribution is -0.133. The van der Waals surface area contributed by atoms with E-state index in [1.54, 1.807) is 0 Å². The average Bonchev–Trinajstić information content (AvgIpc) is 2.81. The van der Waals surface area contributed by atoms with Gasteiger partial charge in [-0.25, -0.2) is 0 Å². The monoisotopic (exact) mass is 226 g/mol. The maximum atomic E-state index is 11.7. The van der Waals surface area contributed by atoms with Crippen LogP contribution in [0.5, 0.6) is 0 Å². The van der Waals surface area contributed by atoms with Gasteiger partial charge < -0.3 is 10.2 Å². The van der Waals surface area contributed by atoms with Crippen LogP contribution in [0.25, 0.3) is 0 Å². The fourth-order valence-electron chi connectivity index (χ4n) is 2.04. The third-order valence-electron chi connectivity index (χ3n) is 3.23. The van der Waals surface area contributed by atoms with Gasteiger partial charge >= 0.3 is 0 Å². The molecule has 0 spiro atoms. The fraction of sp³-hybridized carbons (Fsp3) is 0.833. The Morgan fingerprint density at radius 1 is 1.19 bits per heavy atom. The van der Waals surface area contributed by atoms with Crippen molar-refractivity contribution in [1.82, 2.24) is 10.2 Å². The van der Waals surface area contributed by atoms with E-state index >= 15 is 0 Å². The summed E-state index contributed by atoms with van der Waals surface area (Å²) >= 11 is 0. The minimum Gasteiger partial charge on any atom is -0.347 e. The third-order valence-corrected chi connectivity index (χ3v) is 3.23. The molecule has 2 amide bonds. The first kappa shape index (κ1) is 13.0. The second-order valence-electron chi connectivity index (χ2n) is 4.32. The Bertz CT molecular complexity index is 229. The molecular formula is C12H22N2O2. The highest BCUT2D eigenvalue weighted by Crippen LogP contribution is 2.08. The zero-order valence-corrected chi connectivity index (χ0v) is 10.3. The standard InChI is InChI=1S/C12H22N2O2/c1-3-10(4-2)12(16)13-9-11(15)14-7-5-6-8-14/h10H,3-9H2,1-2H3,(H,13,16). The smallest absolute Gasteiger partial charge is 0.241 e. The minimum atomic E-state index is 0.0116. The molecule has 0 aromatic heterocycles. The van der Waals surface area contributed by atoms with Crippen LogP contribution < -0.4 is 5.32 Å². The van der Waals surface area contributed by atoms with E-state index in [0.29, 0.717) is 0 Å². The largest absolute Gasteiger partial charge is 0.347 e. The summed E-state index contributed by atoms with van der Waals surface area (Å²) in [5, 5.41) is 2.73. The summed E-state index contributed by atoms with van der Waals surface area (Å²) in [6.07, 6.45) is 3.85. The maximum Gasteiger partial charge on any atom is 0.241 e. The Balaban J connectivity index is 2.27. The Hall–Kier alpha value is -1.06. The molecule has 1 N–H and O–H groups in total. The third kappa shape index (κ3) is 3.51. The molecule has 4 heteroatoms. The van der Waals surface area contributed by atoms with Crippen molar-refractivity contribution in [1.29, 1.82) is 0 Å². The molecule has 1 saturated heterocycles. The first-order valence-electron chi connectivity index (χ1n) is 6.24. The maximum absolute atomic E-state index is 11.7. The SMILES string of the molecule is CCC(CC)C(=O)NCC(=O)N1CCCC1. The van der Waals surface area contributed by atoms with Crippen molar-refractivity contribution < 1.29 is 9.59 Å². The van der Waals surface area contributed by atoms with Gasteiger partial charge in [0.15, 0.2) is 0 Å². The number of hydrogen-bond donors (Lipinski definition) is 1. The molecule has 0 radical (unpaired) electrons. The van der Waals surface area contributed by atoms with Crippen LogP contribution in [0.1, 0.15) is 39.5 Å². The molecule has 1 rings (SSSR count). The number of hydrogen-bond acceptors (Lipinski definition) is 2. The highest BCUT2D eigenvalue weighted by molar-refractivity contribution is 5.85. The summed E-state index contributed by atoms with van der Waals surface area (Å²) in [7, 11) is 0. The molecule has 0 unspecified atom stereocenters. The van der Waals surface area contributed by atoms with Gasteiger partial charge in [0.05, 0.1) is 6.54 Å². The second-order valence-corrected chi connectivity index (χ2v) is 4.32. The second kappa shape index (κ2) is 6.51. The molecule has 1 aliphatic rings. The van der Waals surface area contributed by atoms with E-state index in [1.807, 2.05) is 18.7 Å². The van der Waals surface area contributed by atoms with Gasteiger partial charge in [-0.05, 0) is 25.7 Å². The van der Waals surface area contributed by atoms with Crippen molar-refractivity contribution >= 4 is 11.8 Å². The number of carbonyl (C=O) groups is 2. The van der Waals surface area contributed by atoms with E-state index < -0.39 is 0 Å². The quantitative estimate of drug-likeness (QED) is 0.765. The van der Waals surface area contributed by atoms with Gasteiger partial charge in [0.1, 0.15) is 0 Å². The van der Waals surface area contributed by atoms with Crippen LogP contribution in [0.4, 0.5) is 0 Å². The number of nitrogens with zero attached hydrogens (tertiary/aromatic N) is 1. The van der Waals surface area contributed by atoms with Crippen molar-refractivity contribution in [2.75, 3.05) is 19.6 Å². The summed E-state index contributed by atoms with van der Waals surface area (Å²) in [6, 6.07) is 0. The Morgan fingerprint density at radius 2 is 1.75 bits per heavy atom. The number of nitrogens with one attached hydrogen (secondary N) is 1. The average molecular weight is 226 g/mol. The molecule has 0 saturated carbocycles. The molecule has 1 heterocycles. The van der Waals surface area contributed by atoms with Crippen molar-refractivity contribution in [2.24, 2.45) is 5.92 Å². The Morgan fingerprint density at radius 3 is 2.25 bits per heavy atom. The Labute approximate surface area is 97.4 Å². The summed E-state index contributed by atoms with van der Waals surface area (Å²) in [6.45, 7) is 5.85. The van der Waals surface area contributed by atoms with E-state index in [4.69, 9.17) is 0 Å². The van der Waals surface area contributed by atoms with Crippen LogP contribution >= 0.6 is 0 Å². The predicted octanol–water partition coefficient (Wildman–Crippen LogP) is 1.16. The lowest BCUT2D eigenvalue weighted by Gasteiger charge is -2.17. The van der Waals surface area contributed by atoms with Gasteiger partial charge in [0.2, 0.25) is 11.8 Å². The molecule has 1 aliphatic heterocycles. The molecule has 0 bridgehead atoms. The molecule has 1 fully saturated rings. The lowest BCUT2D eigenvalue weighted by Crippen LogP contribution is -2.40. The lowest BCUT2D eigenvalue weighted by atomic mass is 10.0. The van der Waals surface area contributed by atoms with Gasteiger partial charge in [0, 0.05) is 19.0 Å². The van der Waals surface area contributed by atoms with E-state index in [2.05, 4.69) is 5.32 Å². The van der Waals surface area contributed by atoms with Crippen LogP contribution in [-0.4, -0.2) is 36.3 Å². The first-order valence-corrected chi connectivity index (χ1v) is 6.24. The topological polar surface area (TPSA) is 49.4 Å². The highest BCUT2D eigenvalue weighted by Gasteiger charge is 2.19. The summed E-state index contributed by atoms with van der Waals surface area (Å²) < 4.78 is 0. The minimum absolute atomic E-state index is 0.0116. The van der Waals surface area contributed by atoms with Gasteiger partial charge in [-0.1, -0.05) is 13.8 Å². The van der Waals surface area contributed by atoms with E-state index in [0.717, 1.165) is 38.8 Å². The molecular weight excluding hydrogens is 204 g/mol. The van der Waals surface area contributed by atoms with Crippen LogP contribution in [0, 0.1) is 5.92 Å². The summed E-state index contributed by atoms with van der Waals surface area (Å²) in [4.78, 5) is 25.1. The van der Waals surface area contributed by atoms with Gasteiger partial charge in [-0.3, -0.25) is 9.59 Å². The van der Waals surface area contributed by atoms with Crippen LogP contribution in [0.2, 0.25) is 0 Å². The number of carbonyl (C=O) groups excluding carboxylic acids is 2. The highest BCUT2D eigenvalue weighted by atomic mass is 16.2. The molecule has 0 atom stereocenters. The summed E-state index contributed by atoms with van der Waals surface area (Å²) in [5.74, 6) is 0.112. The number of amides is 2. The number of likely N-dealkylation sites (tertiary alicyclic amines) is 1. The van der Waals surface area contributed by atoms with Crippen LogP contribution in [0.15, 0.2) is 0 Å². The predicted molar refractivity (Wildman–Crippen MR) is 62.9 cm³/mol. The van der Waals surface area contributed by atoms with Crippen molar-refractivity contribution in [3.8, 4) is 0 Å². The van der Waals surface area contributed by atoms with Crippen LogP contribution in [-0.2, 0) is 9.59 Å². The Kier molecular flexibility index (Phi) is 5.29. The normalized spacial score (nSPS) is 15.6. The molecule has 92 valence electrons. The molecule has 4 nitrogen and oxygen atoms in total. The van der Waals surface area contributed by atoms with Crippen molar-refractivity contribution in [3.63, 3.8) is 0 Å². The van der Waals surface area contributed by atoms with E-state index in [1.165, 1.54) is 0 Å². The molecule has 0 aromatic carbocycles. The summed E-state index contributed by atoms with van der Waals surface area (Å²) in [5.41, 5.74) is 0. The zero-order chi connectivity index (χ0) is 12.0. The number of rotatable bonds is 5. The fourth-order valence-corrected chi connectivity index (χ4v) is 2.04. The van der Waals surface area contributed by atoms with Crippen molar-refractivity contribution in [3.05, 3.63) is 0 Å². The van der Waals surface area contributed by atoms with Gasteiger partial charge in [0.25, 0.3) is 0 Å². The molecule has 16 heavy (non-hydrogen) atoms. The first-order chi connectivity index (χ1) is 7.69.